The maximum atomic E-state index is 12.1. The molecule has 1 saturated carbocycles. The van der Waals surface area contributed by atoms with Crippen molar-refractivity contribution in [3.63, 3.8) is 0 Å². The van der Waals surface area contributed by atoms with Gasteiger partial charge in [-0.25, -0.2) is 0 Å². The van der Waals surface area contributed by atoms with Gasteiger partial charge in [-0.05, 0) is 39.2 Å². The van der Waals surface area contributed by atoms with E-state index >= 15 is 0 Å². The van der Waals surface area contributed by atoms with Crippen LogP contribution in [-0.4, -0.2) is 27.7 Å². The Balaban J connectivity index is 2.04. The standard InChI is InChI=1S/C13H19ClN2O2/c1-8(5-9(2)17)15-13(18)12-6-10(14)7-16(12)11-3-4-11/h6-9,11,17H,3-5H2,1-2H3,(H,15,18). The van der Waals surface area contributed by atoms with Crippen molar-refractivity contribution < 1.29 is 9.90 Å². The van der Waals surface area contributed by atoms with Gasteiger partial charge in [0.2, 0.25) is 0 Å². The minimum Gasteiger partial charge on any atom is -0.393 e. The first-order valence-electron chi connectivity index (χ1n) is 6.33. The van der Waals surface area contributed by atoms with Gasteiger partial charge in [0.25, 0.3) is 5.91 Å². The molecule has 0 bridgehead atoms. The molecule has 1 aromatic heterocycles. The molecule has 1 aliphatic carbocycles. The van der Waals surface area contributed by atoms with E-state index in [1.807, 2.05) is 17.7 Å². The number of rotatable bonds is 5. The lowest BCUT2D eigenvalue weighted by atomic mass is 10.1. The molecule has 1 amide bonds. The summed E-state index contributed by atoms with van der Waals surface area (Å²) >= 11 is 5.96. The van der Waals surface area contributed by atoms with Gasteiger partial charge in [0.15, 0.2) is 0 Å². The van der Waals surface area contributed by atoms with Crippen LogP contribution >= 0.6 is 11.6 Å². The van der Waals surface area contributed by atoms with E-state index in [1.165, 1.54) is 0 Å². The Hall–Kier alpha value is -1.00. The van der Waals surface area contributed by atoms with Crippen molar-refractivity contribution in [1.82, 2.24) is 9.88 Å². The Morgan fingerprint density at radius 3 is 2.83 bits per heavy atom. The van der Waals surface area contributed by atoms with Crippen LogP contribution in [-0.2, 0) is 0 Å². The lowest BCUT2D eigenvalue weighted by Gasteiger charge is -2.16. The Labute approximate surface area is 112 Å². The summed E-state index contributed by atoms with van der Waals surface area (Å²) in [5.41, 5.74) is 0.611. The largest absolute Gasteiger partial charge is 0.393 e. The second kappa shape index (κ2) is 5.33. The number of carbonyl (C=O) groups is 1. The third-order valence-electron chi connectivity index (χ3n) is 3.06. The molecule has 1 aliphatic rings. The molecule has 0 aromatic carbocycles. The molecule has 4 nitrogen and oxygen atoms in total. The molecular weight excluding hydrogens is 252 g/mol. The number of aliphatic hydroxyl groups excluding tert-OH is 1. The second-order valence-electron chi connectivity index (χ2n) is 5.14. The zero-order valence-electron chi connectivity index (χ0n) is 10.7. The van der Waals surface area contributed by atoms with E-state index in [0.29, 0.717) is 23.2 Å². The average molecular weight is 271 g/mol. The van der Waals surface area contributed by atoms with Gasteiger partial charge >= 0.3 is 0 Å². The van der Waals surface area contributed by atoms with E-state index in [0.717, 1.165) is 12.8 Å². The molecule has 1 heterocycles. The fraction of sp³-hybridized carbons (Fsp3) is 0.615. The molecule has 2 rings (SSSR count). The lowest BCUT2D eigenvalue weighted by Crippen LogP contribution is -2.35. The molecule has 2 unspecified atom stereocenters. The van der Waals surface area contributed by atoms with Crippen molar-refractivity contribution in [3.05, 3.63) is 23.0 Å². The van der Waals surface area contributed by atoms with Crippen molar-refractivity contribution >= 4 is 17.5 Å². The number of aliphatic hydroxyl groups is 1. The lowest BCUT2D eigenvalue weighted by molar-refractivity contribution is 0.0913. The molecule has 1 fully saturated rings. The van der Waals surface area contributed by atoms with Gasteiger partial charge in [-0.3, -0.25) is 4.79 Å². The van der Waals surface area contributed by atoms with Gasteiger partial charge in [-0.1, -0.05) is 11.6 Å². The van der Waals surface area contributed by atoms with Crippen molar-refractivity contribution in [2.45, 2.75) is 51.3 Å². The van der Waals surface area contributed by atoms with Crippen LogP contribution in [0.4, 0.5) is 0 Å². The van der Waals surface area contributed by atoms with E-state index in [-0.39, 0.29) is 11.9 Å². The highest BCUT2D eigenvalue weighted by atomic mass is 35.5. The van der Waals surface area contributed by atoms with Gasteiger partial charge in [-0.15, -0.1) is 0 Å². The highest BCUT2D eigenvalue weighted by molar-refractivity contribution is 6.31. The van der Waals surface area contributed by atoms with Crippen molar-refractivity contribution in [2.24, 2.45) is 0 Å². The summed E-state index contributed by atoms with van der Waals surface area (Å²) in [6.07, 6.45) is 4.15. The zero-order valence-corrected chi connectivity index (χ0v) is 11.4. The minimum absolute atomic E-state index is 0.0566. The van der Waals surface area contributed by atoms with Crippen LogP contribution < -0.4 is 5.32 Å². The molecule has 2 atom stereocenters. The summed E-state index contributed by atoms with van der Waals surface area (Å²) in [4.78, 5) is 12.1. The van der Waals surface area contributed by atoms with Gasteiger partial charge in [0.05, 0.1) is 11.1 Å². The Morgan fingerprint density at radius 2 is 2.28 bits per heavy atom. The smallest absolute Gasteiger partial charge is 0.268 e. The fourth-order valence-electron chi connectivity index (χ4n) is 2.15. The number of hydrogen-bond donors (Lipinski definition) is 2. The van der Waals surface area contributed by atoms with E-state index in [1.54, 1.807) is 13.0 Å². The summed E-state index contributed by atoms with van der Waals surface area (Å²) in [5, 5.41) is 12.8. The average Bonchev–Trinajstić information content (AvgIpc) is 3.00. The molecule has 0 saturated heterocycles. The van der Waals surface area contributed by atoms with Crippen LogP contribution in [0.25, 0.3) is 0 Å². The molecule has 0 radical (unpaired) electrons. The van der Waals surface area contributed by atoms with Gasteiger partial charge in [0, 0.05) is 18.3 Å². The first kappa shape index (κ1) is 13.4. The maximum absolute atomic E-state index is 12.1. The minimum atomic E-state index is -0.417. The summed E-state index contributed by atoms with van der Waals surface area (Å²) in [7, 11) is 0. The molecule has 2 N–H and O–H groups in total. The highest BCUT2D eigenvalue weighted by Crippen LogP contribution is 2.37. The van der Waals surface area contributed by atoms with Crippen LogP contribution in [0.3, 0.4) is 0 Å². The van der Waals surface area contributed by atoms with Crippen molar-refractivity contribution in [1.29, 1.82) is 0 Å². The molecule has 100 valence electrons. The Bertz CT molecular complexity index is 438. The summed E-state index contributed by atoms with van der Waals surface area (Å²) in [6, 6.07) is 2.06. The Kier molecular flexibility index (Phi) is 3.97. The Morgan fingerprint density at radius 1 is 1.61 bits per heavy atom. The molecular formula is C13H19ClN2O2. The van der Waals surface area contributed by atoms with Crippen LogP contribution in [0.2, 0.25) is 5.02 Å². The summed E-state index contributed by atoms with van der Waals surface area (Å²) in [6.45, 7) is 3.60. The fourth-order valence-corrected chi connectivity index (χ4v) is 2.36. The van der Waals surface area contributed by atoms with Crippen LogP contribution in [0.5, 0.6) is 0 Å². The number of amides is 1. The van der Waals surface area contributed by atoms with E-state index in [2.05, 4.69) is 5.32 Å². The zero-order chi connectivity index (χ0) is 13.3. The van der Waals surface area contributed by atoms with Gasteiger partial charge < -0.3 is 15.0 Å². The van der Waals surface area contributed by atoms with Crippen LogP contribution in [0.15, 0.2) is 12.3 Å². The summed E-state index contributed by atoms with van der Waals surface area (Å²) < 4.78 is 1.95. The molecule has 5 heteroatoms. The third kappa shape index (κ3) is 3.27. The molecule has 18 heavy (non-hydrogen) atoms. The molecule has 0 aliphatic heterocycles. The van der Waals surface area contributed by atoms with E-state index in [9.17, 15) is 9.90 Å². The van der Waals surface area contributed by atoms with Gasteiger partial charge in [-0.2, -0.15) is 0 Å². The van der Waals surface area contributed by atoms with Crippen LogP contribution in [0.1, 0.15) is 49.6 Å². The van der Waals surface area contributed by atoms with E-state index in [4.69, 9.17) is 11.6 Å². The first-order chi connectivity index (χ1) is 8.47. The monoisotopic (exact) mass is 270 g/mol. The normalized spacial score (nSPS) is 18.4. The van der Waals surface area contributed by atoms with E-state index < -0.39 is 6.10 Å². The number of nitrogens with zero attached hydrogens (tertiary/aromatic N) is 1. The predicted molar refractivity (Wildman–Crippen MR) is 70.9 cm³/mol. The van der Waals surface area contributed by atoms with Gasteiger partial charge in [0.1, 0.15) is 5.69 Å². The number of hydrogen-bond acceptors (Lipinski definition) is 2. The number of carbonyl (C=O) groups excluding carboxylic acids is 1. The maximum Gasteiger partial charge on any atom is 0.268 e. The SMILES string of the molecule is CC(O)CC(C)NC(=O)c1cc(Cl)cn1C1CC1. The number of aromatic nitrogens is 1. The predicted octanol–water partition coefficient (Wildman–Crippen LogP) is 2.37. The third-order valence-corrected chi connectivity index (χ3v) is 3.27. The first-order valence-corrected chi connectivity index (χ1v) is 6.71. The second-order valence-corrected chi connectivity index (χ2v) is 5.58. The summed E-state index contributed by atoms with van der Waals surface area (Å²) in [5.74, 6) is -0.123. The van der Waals surface area contributed by atoms with Crippen molar-refractivity contribution in [2.75, 3.05) is 0 Å². The topological polar surface area (TPSA) is 54.3 Å². The highest BCUT2D eigenvalue weighted by Gasteiger charge is 2.28. The quantitative estimate of drug-likeness (QED) is 0.863. The molecule has 0 spiro atoms. The van der Waals surface area contributed by atoms with Crippen LogP contribution in [0, 0.1) is 0 Å². The number of halogens is 1. The number of nitrogens with one attached hydrogen (secondary N) is 1. The molecule has 1 aromatic rings. The van der Waals surface area contributed by atoms with Crippen molar-refractivity contribution in [3.8, 4) is 0 Å².